The quantitative estimate of drug-likeness (QED) is 0.757. The maximum Gasteiger partial charge on any atom is 0.355 e. The van der Waals surface area contributed by atoms with Crippen molar-refractivity contribution in [3.63, 3.8) is 0 Å². The lowest BCUT2D eigenvalue weighted by atomic mass is 10.3. The van der Waals surface area contributed by atoms with Gasteiger partial charge in [-0.25, -0.2) is 14.6 Å². The number of aromatic carboxylic acids is 1. The van der Waals surface area contributed by atoms with E-state index in [1.165, 1.54) is 5.38 Å². The van der Waals surface area contributed by atoms with Crippen molar-refractivity contribution in [1.82, 2.24) is 4.98 Å². The second-order valence-electron chi connectivity index (χ2n) is 2.96. The number of thiazole rings is 1. The summed E-state index contributed by atoms with van der Waals surface area (Å²) >= 11 is 1.13. The number of hydrogen-bond donors (Lipinski definition) is 2. The zero-order valence-corrected chi connectivity index (χ0v) is 9.71. The van der Waals surface area contributed by atoms with Crippen LogP contribution in [-0.4, -0.2) is 34.7 Å². The molecule has 0 amide bonds. The molecule has 1 aromatic rings. The van der Waals surface area contributed by atoms with Crippen LogP contribution in [0.25, 0.3) is 0 Å². The first-order valence-corrected chi connectivity index (χ1v) is 5.54. The molecular weight excluding hydrogens is 232 g/mol. The molecule has 1 atom stereocenters. The van der Waals surface area contributed by atoms with Crippen molar-refractivity contribution >= 4 is 28.4 Å². The normalized spacial score (nSPS) is 11.9. The predicted molar refractivity (Wildman–Crippen MR) is 58.8 cm³/mol. The van der Waals surface area contributed by atoms with Crippen LogP contribution in [0.5, 0.6) is 0 Å². The Morgan fingerprint density at radius 3 is 2.88 bits per heavy atom. The van der Waals surface area contributed by atoms with Gasteiger partial charge in [0, 0.05) is 5.38 Å². The molecule has 1 rings (SSSR count). The molecular formula is C9H12N2O4S. The molecule has 7 heteroatoms. The van der Waals surface area contributed by atoms with Crippen molar-refractivity contribution in [3.8, 4) is 0 Å². The lowest BCUT2D eigenvalue weighted by Crippen LogP contribution is -2.28. The minimum atomic E-state index is -1.09. The molecule has 0 saturated carbocycles. The second-order valence-corrected chi connectivity index (χ2v) is 3.82. The Labute approximate surface area is 96.3 Å². The van der Waals surface area contributed by atoms with Crippen LogP contribution in [0.2, 0.25) is 0 Å². The Bertz CT molecular complexity index is 391. The first kappa shape index (κ1) is 12.4. The topological polar surface area (TPSA) is 88.5 Å². The highest BCUT2D eigenvalue weighted by Gasteiger charge is 2.16. The summed E-state index contributed by atoms with van der Waals surface area (Å²) in [6.45, 7) is 3.65. The number of nitrogens with one attached hydrogen (secondary N) is 1. The third-order valence-electron chi connectivity index (χ3n) is 1.70. The Balaban J connectivity index is 2.59. The molecule has 0 aromatic carbocycles. The molecule has 0 spiro atoms. The molecule has 0 radical (unpaired) electrons. The van der Waals surface area contributed by atoms with Gasteiger partial charge in [0.15, 0.2) is 10.8 Å². The first-order valence-electron chi connectivity index (χ1n) is 4.66. The van der Waals surface area contributed by atoms with Gasteiger partial charge in [-0.05, 0) is 13.8 Å². The van der Waals surface area contributed by atoms with E-state index in [-0.39, 0.29) is 5.69 Å². The summed E-state index contributed by atoms with van der Waals surface area (Å²) < 4.78 is 4.79. The van der Waals surface area contributed by atoms with E-state index in [9.17, 15) is 9.59 Å². The van der Waals surface area contributed by atoms with Gasteiger partial charge in [-0.1, -0.05) is 0 Å². The van der Waals surface area contributed by atoms with Gasteiger partial charge >= 0.3 is 11.9 Å². The molecule has 2 N–H and O–H groups in total. The molecule has 1 heterocycles. The van der Waals surface area contributed by atoms with Gasteiger partial charge in [-0.15, -0.1) is 11.3 Å². The van der Waals surface area contributed by atoms with Crippen molar-refractivity contribution < 1.29 is 19.4 Å². The molecule has 88 valence electrons. The Kier molecular flexibility index (Phi) is 4.24. The fraction of sp³-hybridized carbons (Fsp3) is 0.444. The fourth-order valence-corrected chi connectivity index (χ4v) is 1.72. The van der Waals surface area contributed by atoms with Gasteiger partial charge in [0.2, 0.25) is 0 Å². The number of hydrogen-bond acceptors (Lipinski definition) is 6. The van der Waals surface area contributed by atoms with E-state index >= 15 is 0 Å². The summed E-state index contributed by atoms with van der Waals surface area (Å²) in [4.78, 5) is 25.6. The van der Waals surface area contributed by atoms with E-state index in [4.69, 9.17) is 9.84 Å². The van der Waals surface area contributed by atoms with Crippen molar-refractivity contribution in [3.05, 3.63) is 11.1 Å². The highest BCUT2D eigenvalue weighted by Crippen LogP contribution is 2.16. The first-order chi connectivity index (χ1) is 7.54. The number of ether oxygens (including phenoxy) is 1. The molecule has 1 unspecified atom stereocenters. The number of aromatic nitrogens is 1. The Morgan fingerprint density at radius 1 is 1.69 bits per heavy atom. The lowest BCUT2D eigenvalue weighted by molar-refractivity contribution is -0.143. The molecule has 0 bridgehead atoms. The Hall–Kier alpha value is -1.63. The van der Waals surface area contributed by atoms with Gasteiger partial charge in [-0.2, -0.15) is 0 Å². The standard InChI is InChI=1S/C9H12N2O4S/c1-3-15-8(14)5(2)10-9-11-6(4-16-9)7(12)13/h4-5H,3H2,1-2H3,(H,10,11)(H,12,13). The molecule has 0 saturated heterocycles. The monoisotopic (exact) mass is 244 g/mol. The fourth-order valence-electron chi connectivity index (χ4n) is 0.950. The van der Waals surface area contributed by atoms with Crippen LogP contribution in [0, 0.1) is 0 Å². The van der Waals surface area contributed by atoms with E-state index in [2.05, 4.69) is 10.3 Å². The third kappa shape index (κ3) is 3.20. The zero-order valence-electron chi connectivity index (χ0n) is 8.89. The highest BCUT2D eigenvalue weighted by molar-refractivity contribution is 7.13. The predicted octanol–water partition coefficient (Wildman–Crippen LogP) is 1.20. The van der Waals surface area contributed by atoms with Crippen LogP contribution >= 0.6 is 11.3 Å². The van der Waals surface area contributed by atoms with E-state index in [1.807, 2.05) is 0 Å². The van der Waals surface area contributed by atoms with E-state index in [0.717, 1.165) is 11.3 Å². The maximum atomic E-state index is 11.3. The lowest BCUT2D eigenvalue weighted by Gasteiger charge is -2.10. The van der Waals surface area contributed by atoms with Crippen LogP contribution in [0.15, 0.2) is 5.38 Å². The smallest absolute Gasteiger partial charge is 0.355 e. The summed E-state index contributed by atoms with van der Waals surface area (Å²) in [6.07, 6.45) is 0. The van der Waals surface area contributed by atoms with Crippen molar-refractivity contribution in [2.24, 2.45) is 0 Å². The molecule has 0 aliphatic carbocycles. The second kappa shape index (κ2) is 5.45. The Morgan fingerprint density at radius 2 is 2.38 bits per heavy atom. The number of rotatable bonds is 5. The summed E-state index contributed by atoms with van der Waals surface area (Å²) in [7, 11) is 0. The van der Waals surface area contributed by atoms with Crippen LogP contribution in [0.1, 0.15) is 24.3 Å². The molecule has 16 heavy (non-hydrogen) atoms. The van der Waals surface area contributed by atoms with Gasteiger partial charge in [-0.3, -0.25) is 0 Å². The average molecular weight is 244 g/mol. The van der Waals surface area contributed by atoms with Crippen molar-refractivity contribution in [1.29, 1.82) is 0 Å². The van der Waals surface area contributed by atoms with Gasteiger partial charge < -0.3 is 15.2 Å². The summed E-state index contributed by atoms with van der Waals surface area (Å²) in [6, 6.07) is -0.548. The van der Waals surface area contributed by atoms with Gasteiger partial charge in [0.05, 0.1) is 6.61 Å². The molecule has 6 nitrogen and oxygen atoms in total. The molecule has 0 fully saturated rings. The van der Waals surface area contributed by atoms with Crippen LogP contribution < -0.4 is 5.32 Å². The summed E-state index contributed by atoms with van der Waals surface area (Å²) in [5.41, 5.74) is -0.0384. The number of carboxylic acids is 1. The molecule has 1 aromatic heterocycles. The molecule has 0 aliphatic heterocycles. The van der Waals surface area contributed by atoms with E-state index in [0.29, 0.717) is 11.7 Å². The van der Waals surface area contributed by atoms with Crippen LogP contribution in [0.4, 0.5) is 5.13 Å². The third-order valence-corrected chi connectivity index (χ3v) is 2.48. The summed E-state index contributed by atoms with van der Waals surface area (Å²) in [5.74, 6) is -1.48. The zero-order chi connectivity index (χ0) is 12.1. The van der Waals surface area contributed by atoms with Gasteiger partial charge in [0.25, 0.3) is 0 Å². The number of carboxylic acid groups (broad SMARTS) is 1. The maximum absolute atomic E-state index is 11.3. The number of nitrogens with zero attached hydrogens (tertiary/aromatic N) is 1. The van der Waals surface area contributed by atoms with Crippen LogP contribution in [-0.2, 0) is 9.53 Å². The largest absolute Gasteiger partial charge is 0.476 e. The minimum absolute atomic E-state index is 0.0384. The number of esters is 1. The SMILES string of the molecule is CCOC(=O)C(C)Nc1nc(C(=O)O)cs1. The minimum Gasteiger partial charge on any atom is -0.476 e. The van der Waals surface area contributed by atoms with Crippen LogP contribution in [0.3, 0.4) is 0 Å². The average Bonchev–Trinajstić information content (AvgIpc) is 2.66. The van der Waals surface area contributed by atoms with E-state index in [1.54, 1.807) is 13.8 Å². The highest BCUT2D eigenvalue weighted by atomic mass is 32.1. The van der Waals surface area contributed by atoms with Crippen molar-refractivity contribution in [2.75, 3.05) is 11.9 Å². The number of carbonyl (C=O) groups is 2. The summed E-state index contributed by atoms with van der Waals surface area (Å²) in [5, 5.41) is 13.2. The number of carbonyl (C=O) groups excluding carboxylic acids is 1. The van der Waals surface area contributed by atoms with E-state index < -0.39 is 18.0 Å². The molecule has 0 aliphatic rings. The number of anilines is 1. The van der Waals surface area contributed by atoms with Crippen molar-refractivity contribution in [2.45, 2.75) is 19.9 Å². The van der Waals surface area contributed by atoms with Gasteiger partial charge in [0.1, 0.15) is 6.04 Å².